The van der Waals surface area contributed by atoms with E-state index < -0.39 is 0 Å². The third kappa shape index (κ3) is 0.857. The van der Waals surface area contributed by atoms with Gasteiger partial charge in [0.2, 0.25) is 0 Å². The van der Waals surface area contributed by atoms with Gasteiger partial charge in [-0.15, -0.1) is 0 Å². The first kappa shape index (κ1) is 5.67. The molecule has 0 saturated carbocycles. The molecule has 1 rings (SSSR count). The molecule has 0 amide bonds. The molecule has 0 aromatic heterocycles. The fourth-order valence-electron chi connectivity index (χ4n) is 0.401. The molecular formula is C4H6Cl2O. The zero-order chi connectivity index (χ0) is 5.44. The van der Waals surface area contributed by atoms with Gasteiger partial charge in [0.05, 0.1) is 0 Å². The molecule has 0 N–H and O–H groups in total. The smallest absolute Gasteiger partial charge is 0.139 e. The lowest BCUT2D eigenvalue weighted by Gasteiger charge is -2.34. The Labute approximate surface area is 52.5 Å². The van der Waals surface area contributed by atoms with E-state index in [9.17, 15) is 0 Å². The van der Waals surface area contributed by atoms with Crippen LogP contribution in [0.4, 0.5) is 0 Å². The van der Waals surface area contributed by atoms with Gasteiger partial charge in [-0.2, -0.15) is 0 Å². The molecule has 0 radical (unpaired) electrons. The Balaban J connectivity index is 2.29. The van der Waals surface area contributed by atoms with Crippen molar-refractivity contribution in [2.45, 2.75) is 18.1 Å². The monoisotopic (exact) mass is 140 g/mol. The van der Waals surface area contributed by atoms with E-state index in [4.69, 9.17) is 27.9 Å². The molecule has 1 aliphatic heterocycles. The molecule has 3 heteroatoms. The highest BCUT2D eigenvalue weighted by atomic mass is 35.5. The molecule has 7 heavy (non-hydrogen) atoms. The Morgan fingerprint density at radius 3 is 1.71 bits per heavy atom. The van der Waals surface area contributed by atoms with E-state index in [1.807, 2.05) is 6.92 Å². The summed E-state index contributed by atoms with van der Waals surface area (Å²) in [5.74, 6) is 0.309. The van der Waals surface area contributed by atoms with E-state index >= 15 is 0 Å². The third-order valence-corrected chi connectivity index (χ3v) is 2.09. The quantitative estimate of drug-likeness (QED) is 0.467. The third-order valence-electron chi connectivity index (χ3n) is 1.09. The number of ether oxygens (including phenoxy) is 1. The zero-order valence-electron chi connectivity index (χ0n) is 3.90. The van der Waals surface area contributed by atoms with Crippen LogP contribution in [0.3, 0.4) is 0 Å². The number of hydrogen-bond acceptors (Lipinski definition) is 1. The van der Waals surface area contributed by atoms with Gasteiger partial charge < -0.3 is 4.74 Å². The highest BCUT2D eigenvalue weighted by Crippen LogP contribution is 2.32. The molecule has 42 valence electrons. The second kappa shape index (κ2) is 1.81. The van der Waals surface area contributed by atoms with Crippen molar-refractivity contribution in [1.29, 1.82) is 0 Å². The highest BCUT2D eigenvalue weighted by Gasteiger charge is 2.35. The van der Waals surface area contributed by atoms with Gasteiger partial charge in [-0.05, 0) is 0 Å². The Morgan fingerprint density at radius 2 is 1.71 bits per heavy atom. The normalized spacial score (nSPS) is 51.0. The van der Waals surface area contributed by atoms with Gasteiger partial charge >= 0.3 is 0 Å². The second-order valence-electron chi connectivity index (χ2n) is 1.70. The maximum absolute atomic E-state index is 5.49. The standard InChI is InChI=1S/C4H6Cl2O/c1-2-3(5)7-4(2)6/h2-4H,1H3. The van der Waals surface area contributed by atoms with Gasteiger partial charge in [0.15, 0.2) is 0 Å². The van der Waals surface area contributed by atoms with Crippen LogP contribution in [0, 0.1) is 5.92 Å². The lowest BCUT2D eigenvalue weighted by molar-refractivity contribution is -0.0840. The minimum atomic E-state index is -0.150. The predicted octanol–water partition coefficient (Wildman–Crippen LogP) is 1.78. The second-order valence-corrected chi connectivity index (χ2v) is 2.56. The first-order valence-corrected chi connectivity index (χ1v) is 3.02. The summed E-state index contributed by atoms with van der Waals surface area (Å²) in [4.78, 5) is 0. The summed E-state index contributed by atoms with van der Waals surface area (Å²) in [5, 5.41) is 0. The van der Waals surface area contributed by atoms with Crippen molar-refractivity contribution in [3.8, 4) is 0 Å². The molecule has 0 aliphatic carbocycles. The molecule has 1 heterocycles. The highest BCUT2D eigenvalue weighted by molar-refractivity contribution is 6.25. The van der Waals surface area contributed by atoms with Crippen LogP contribution < -0.4 is 0 Å². The minimum Gasteiger partial charge on any atom is -0.343 e. The fraction of sp³-hybridized carbons (Fsp3) is 1.00. The van der Waals surface area contributed by atoms with Crippen molar-refractivity contribution in [3.05, 3.63) is 0 Å². The van der Waals surface area contributed by atoms with Crippen LogP contribution >= 0.6 is 23.2 Å². The molecule has 1 fully saturated rings. The van der Waals surface area contributed by atoms with E-state index in [-0.39, 0.29) is 11.1 Å². The summed E-state index contributed by atoms with van der Waals surface area (Å²) in [6.45, 7) is 1.96. The average molecular weight is 141 g/mol. The van der Waals surface area contributed by atoms with Crippen LogP contribution in [-0.2, 0) is 4.74 Å². The summed E-state index contributed by atoms with van der Waals surface area (Å²) in [6.07, 6.45) is 0. The van der Waals surface area contributed by atoms with Gasteiger partial charge in [-0.1, -0.05) is 30.1 Å². The lowest BCUT2D eigenvalue weighted by atomic mass is 10.1. The summed E-state index contributed by atoms with van der Waals surface area (Å²) in [7, 11) is 0. The van der Waals surface area contributed by atoms with Crippen LogP contribution in [-0.4, -0.2) is 11.1 Å². The average Bonchev–Trinajstić information content (AvgIpc) is 1.68. The molecule has 1 saturated heterocycles. The number of hydrogen-bond donors (Lipinski definition) is 0. The van der Waals surface area contributed by atoms with Crippen molar-refractivity contribution in [2.75, 3.05) is 0 Å². The molecule has 2 unspecified atom stereocenters. The molecule has 2 atom stereocenters. The lowest BCUT2D eigenvalue weighted by Crippen LogP contribution is -2.39. The van der Waals surface area contributed by atoms with Crippen LogP contribution in [0.25, 0.3) is 0 Å². The van der Waals surface area contributed by atoms with E-state index in [1.165, 1.54) is 0 Å². The topological polar surface area (TPSA) is 9.23 Å². The van der Waals surface area contributed by atoms with Gasteiger partial charge in [-0.3, -0.25) is 0 Å². The minimum absolute atomic E-state index is 0.150. The molecule has 0 aromatic carbocycles. The van der Waals surface area contributed by atoms with Gasteiger partial charge in [-0.25, -0.2) is 0 Å². The van der Waals surface area contributed by atoms with E-state index in [2.05, 4.69) is 0 Å². The SMILES string of the molecule is CC1C(Cl)OC1Cl. The van der Waals surface area contributed by atoms with Gasteiger partial charge in [0, 0.05) is 5.92 Å². The van der Waals surface area contributed by atoms with E-state index in [1.54, 1.807) is 0 Å². The van der Waals surface area contributed by atoms with E-state index in [0.717, 1.165) is 0 Å². The first-order valence-electron chi connectivity index (χ1n) is 2.15. The molecule has 0 aromatic rings. The first-order chi connectivity index (χ1) is 3.22. The van der Waals surface area contributed by atoms with Crippen LogP contribution in [0.15, 0.2) is 0 Å². The summed E-state index contributed by atoms with van der Waals surface area (Å²) >= 11 is 11.0. The van der Waals surface area contributed by atoms with Gasteiger partial charge in [0.1, 0.15) is 11.1 Å². The zero-order valence-corrected chi connectivity index (χ0v) is 5.41. The van der Waals surface area contributed by atoms with Crippen LogP contribution in [0.5, 0.6) is 0 Å². The van der Waals surface area contributed by atoms with Crippen molar-refractivity contribution >= 4 is 23.2 Å². The fourth-order valence-corrected chi connectivity index (χ4v) is 1.01. The molecular weight excluding hydrogens is 135 g/mol. The maximum atomic E-state index is 5.49. The maximum Gasteiger partial charge on any atom is 0.139 e. The number of halogens is 2. The molecule has 0 spiro atoms. The predicted molar refractivity (Wildman–Crippen MR) is 29.5 cm³/mol. The molecule has 0 bridgehead atoms. The Kier molecular flexibility index (Phi) is 1.46. The number of rotatable bonds is 0. The van der Waals surface area contributed by atoms with Crippen molar-refractivity contribution in [3.63, 3.8) is 0 Å². The summed E-state index contributed by atoms with van der Waals surface area (Å²) in [5.41, 5.74) is -0.301. The Morgan fingerprint density at radius 1 is 1.29 bits per heavy atom. The summed E-state index contributed by atoms with van der Waals surface area (Å²) < 4.78 is 4.78. The van der Waals surface area contributed by atoms with Crippen LogP contribution in [0.1, 0.15) is 6.92 Å². The van der Waals surface area contributed by atoms with E-state index in [0.29, 0.717) is 5.92 Å². The largest absolute Gasteiger partial charge is 0.343 e. The Hall–Kier alpha value is 0.540. The summed E-state index contributed by atoms with van der Waals surface area (Å²) in [6, 6.07) is 0. The van der Waals surface area contributed by atoms with Crippen molar-refractivity contribution in [1.82, 2.24) is 0 Å². The van der Waals surface area contributed by atoms with Gasteiger partial charge in [0.25, 0.3) is 0 Å². The van der Waals surface area contributed by atoms with Crippen LogP contribution in [0.2, 0.25) is 0 Å². The van der Waals surface area contributed by atoms with Crippen molar-refractivity contribution in [2.24, 2.45) is 5.92 Å². The van der Waals surface area contributed by atoms with Crippen molar-refractivity contribution < 1.29 is 4.74 Å². The number of alkyl halides is 2. The molecule has 1 nitrogen and oxygen atoms in total. The Bertz CT molecular complexity index is 68.1. The molecule has 1 aliphatic rings.